The van der Waals surface area contributed by atoms with E-state index in [4.69, 9.17) is 20.4 Å². The molecule has 1 amide bonds. The zero-order valence-electron chi connectivity index (χ0n) is 17.0. The molecule has 0 atom stereocenters. The molecule has 0 saturated carbocycles. The van der Waals surface area contributed by atoms with Crippen molar-refractivity contribution < 1.29 is 23.5 Å². The monoisotopic (exact) mass is 457 g/mol. The van der Waals surface area contributed by atoms with Crippen LogP contribution in [0.4, 0.5) is 5.69 Å². The number of anilines is 1. The van der Waals surface area contributed by atoms with E-state index in [0.717, 1.165) is 10.8 Å². The van der Waals surface area contributed by atoms with Crippen LogP contribution < -0.4 is 5.32 Å². The Balaban J connectivity index is 1.77. The molecule has 0 radical (unpaired) electrons. The number of nitrogens with one attached hydrogen (secondary N) is 1. The maximum absolute atomic E-state index is 13.0. The first kappa shape index (κ1) is 20.6. The highest BCUT2D eigenvalue weighted by molar-refractivity contribution is 6.30. The molecule has 162 valence electrons. The van der Waals surface area contributed by atoms with Crippen LogP contribution in [0.1, 0.15) is 20.7 Å². The number of carboxylic acid groups (broad SMARTS) is 1. The number of halogens is 1. The van der Waals surface area contributed by atoms with Gasteiger partial charge in [-0.3, -0.25) is 4.79 Å². The van der Waals surface area contributed by atoms with Gasteiger partial charge >= 0.3 is 5.97 Å². The molecule has 6 nitrogen and oxygen atoms in total. The van der Waals surface area contributed by atoms with Crippen LogP contribution in [-0.2, 0) is 0 Å². The van der Waals surface area contributed by atoms with Gasteiger partial charge in [0, 0.05) is 21.5 Å². The van der Waals surface area contributed by atoms with Gasteiger partial charge in [0.25, 0.3) is 5.91 Å². The van der Waals surface area contributed by atoms with Gasteiger partial charge in [-0.15, -0.1) is 0 Å². The van der Waals surface area contributed by atoms with Crippen LogP contribution in [0.2, 0.25) is 5.02 Å². The van der Waals surface area contributed by atoms with Crippen LogP contribution in [-0.4, -0.2) is 17.0 Å². The molecule has 0 bridgehead atoms. The summed E-state index contributed by atoms with van der Waals surface area (Å²) in [5.41, 5.74) is 1.72. The number of benzene rings is 4. The summed E-state index contributed by atoms with van der Waals surface area (Å²) in [6.07, 6.45) is 0. The molecule has 7 heteroatoms. The van der Waals surface area contributed by atoms with Gasteiger partial charge in [-0.25, -0.2) is 4.79 Å². The summed E-state index contributed by atoms with van der Waals surface area (Å²) in [5, 5.41) is 14.6. The number of amides is 1. The lowest BCUT2D eigenvalue weighted by molar-refractivity contribution is 0.0692. The minimum Gasteiger partial charge on any atom is -0.478 e. The Morgan fingerprint density at radius 1 is 0.697 bits per heavy atom. The summed E-state index contributed by atoms with van der Waals surface area (Å²) in [4.78, 5) is 25.0. The van der Waals surface area contributed by atoms with E-state index in [2.05, 4.69) is 5.32 Å². The molecule has 0 fully saturated rings. The summed E-state index contributed by atoms with van der Waals surface area (Å²) in [7, 11) is 0. The van der Waals surface area contributed by atoms with Crippen molar-refractivity contribution in [3.05, 3.63) is 101 Å². The zero-order valence-corrected chi connectivity index (χ0v) is 17.8. The third kappa shape index (κ3) is 4.00. The van der Waals surface area contributed by atoms with E-state index >= 15 is 0 Å². The van der Waals surface area contributed by atoms with Gasteiger partial charge in [0.1, 0.15) is 11.2 Å². The predicted molar refractivity (Wildman–Crippen MR) is 127 cm³/mol. The third-order valence-electron chi connectivity index (χ3n) is 5.17. The highest BCUT2D eigenvalue weighted by Crippen LogP contribution is 2.29. The first-order valence-corrected chi connectivity index (χ1v) is 10.4. The van der Waals surface area contributed by atoms with Gasteiger partial charge < -0.3 is 19.3 Å². The number of hydrogen-bond acceptors (Lipinski definition) is 4. The van der Waals surface area contributed by atoms with E-state index in [0.29, 0.717) is 21.9 Å². The fourth-order valence-electron chi connectivity index (χ4n) is 3.61. The van der Waals surface area contributed by atoms with Crippen molar-refractivity contribution in [1.29, 1.82) is 0 Å². The fraction of sp³-hybridized carbons (Fsp3) is 0. The Hall–Kier alpha value is -4.29. The largest absolute Gasteiger partial charge is 0.478 e. The number of hydrogen-bond donors (Lipinski definition) is 2. The second-order valence-corrected chi connectivity index (χ2v) is 7.74. The molecule has 5 aromatic rings. The molecule has 0 saturated heterocycles. The first-order chi connectivity index (χ1) is 16.0. The van der Waals surface area contributed by atoms with Crippen molar-refractivity contribution in [1.82, 2.24) is 0 Å². The summed E-state index contributed by atoms with van der Waals surface area (Å²) >= 11 is 5.90. The van der Waals surface area contributed by atoms with Crippen molar-refractivity contribution in [2.45, 2.75) is 0 Å². The van der Waals surface area contributed by atoms with E-state index in [9.17, 15) is 14.7 Å². The molecule has 0 spiro atoms. The standard InChI is InChI=1S/C26H16ClNO5/c27-15-9-11-16(12-10-15)28-25(29)19-13-23-24(14-20(19)26(30)31)33-22-8-4-2-6-18(22)17-5-1-3-7-21(17)32-23/h1-14H,(H,28,29)(H,30,31). The Bertz CT molecular complexity index is 1600. The number of carbonyl (C=O) groups excluding carboxylic acids is 1. The number of aromatic carboxylic acids is 1. The van der Waals surface area contributed by atoms with Crippen molar-refractivity contribution in [2.75, 3.05) is 5.32 Å². The normalized spacial score (nSPS) is 10.9. The number of carboxylic acids is 1. The molecule has 1 aromatic heterocycles. The van der Waals surface area contributed by atoms with Crippen LogP contribution >= 0.6 is 11.6 Å². The number of carbonyl (C=O) groups is 2. The molecular formula is C26H16ClNO5. The van der Waals surface area contributed by atoms with Gasteiger partial charge in [0.15, 0.2) is 11.2 Å². The number of para-hydroxylation sites is 2. The van der Waals surface area contributed by atoms with Crippen molar-refractivity contribution in [3.8, 4) is 0 Å². The maximum atomic E-state index is 13.0. The fourth-order valence-corrected chi connectivity index (χ4v) is 3.74. The van der Waals surface area contributed by atoms with Crippen LogP contribution in [0.25, 0.3) is 33.1 Å². The average Bonchev–Trinajstić information content (AvgIpc) is 2.81. The van der Waals surface area contributed by atoms with E-state index in [1.54, 1.807) is 36.4 Å². The number of fused-ring (bicyclic) bond motifs is 4. The Labute approximate surface area is 192 Å². The predicted octanol–water partition coefficient (Wildman–Crippen LogP) is 7.06. The topological polar surface area (TPSA) is 92.7 Å². The molecule has 0 aliphatic heterocycles. The molecule has 4 aromatic carbocycles. The molecule has 33 heavy (non-hydrogen) atoms. The van der Waals surface area contributed by atoms with Crippen molar-refractivity contribution in [2.24, 2.45) is 0 Å². The molecule has 0 aliphatic carbocycles. The minimum absolute atomic E-state index is 0.0638. The Morgan fingerprint density at radius 3 is 1.76 bits per heavy atom. The van der Waals surface area contributed by atoms with E-state index in [-0.39, 0.29) is 22.3 Å². The van der Waals surface area contributed by atoms with Gasteiger partial charge in [0.2, 0.25) is 0 Å². The van der Waals surface area contributed by atoms with E-state index in [1.165, 1.54) is 12.1 Å². The Morgan fingerprint density at radius 2 is 1.21 bits per heavy atom. The highest BCUT2D eigenvalue weighted by atomic mass is 35.5. The molecular weight excluding hydrogens is 442 g/mol. The quantitative estimate of drug-likeness (QED) is 0.302. The van der Waals surface area contributed by atoms with Crippen molar-refractivity contribution in [3.63, 3.8) is 0 Å². The summed E-state index contributed by atoms with van der Waals surface area (Å²) in [6.45, 7) is 0. The van der Waals surface area contributed by atoms with Crippen LogP contribution in [0, 0.1) is 0 Å². The summed E-state index contributed by atoms with van der Waals surface area (Å²) in [6, 6.07) is 24.0. The van der Waals surface area contributed by atoms with Gasteiger partial charge in [-0.05, 0) is 48.5 Å². The number of rotatable bonds is 3. The van der Waals surface area contributed by atoms with Gasteiger partial charge in [0.05, 0.1) is 11.1 Å². The summed E-state index contributed by atoms with van der Waals surface area (Å²) in [5.74, 6) is -1.87. The smallest absolute Gasteiger partial charge is 0.336 e. The van der Waals surface area contributed by atoms with Gasteiger partial charge in [-0.1, -0.05) is 48.0 Å². The average molecular weight is 458 g/mol. The lowest BCUT2D eigenvalue weighted by Crippen LogP contribution is -2.16. The maximum Gasteiger partial charge on any atom is 0.336 e. The van der Waals surface area contributed by atoms with Crippen LogP contribution in [0.5, 0.6) is 0 Å². The first-order valence-electron chi connectivity index (χ1n) is 10.0. The third-order valence-corrected chi connectivity index (χ3v) is 5.42. The van der Waals surface area contributed by atoms with Crippen LogP contribution in [0.15, 0.2) is 93.8 Å². The lowest BCUT2D eigenvalue weighted by Gasteiger charge is -2.09. The van der Waals surface area contributed by atoms with Crippen molar-refractivity contribution >= 4 is 62.3 Å². The lowest BCUT2D eigenvalue weighted by atomic mass is 10.1. The minimum atomic E-state index is -1.27. The van der Waals surface area contributed by atoms with E-state index < -0.39 is 11.9 Å². The SMILES string of the molecule is O=C(O)c1cc2oc3ccccc3c3ccccc3oc2cc1C(=O)Nc1ccc(Cl)cc1. The second kappa shape index (κ2) is 8.33. The van der Waals surface area contributed by atoms with Crippen LogP contribution in [0.3, 0.4) is 0 Å². The molecule has 1 heterocycles. The molecule has 5 rings (SSSR count). The van der Waals surface area contributed by atoms with E-state index in [1.807, 2.05) is 36.4 Å². The zero-order chi connectivity index (χ0) is 22.9. The summed E-state index contributed by atoms with van der Waals surface area (Å²) < 4.78 is 12.2. The molecule has 2 N–H and O–H groups in total. The molecule has 0 unspecified atom stereocenters. The Kier molecular flexibility index (Phi) is 5.20. The molecule has 0 aliphatic rings. The highest BCUT2D eigenvalue weighted by Gasteiger charge is 2.20. The van der Waals surface area contributed by atoms with Gasteiger partial charge in [-0.2, -0.15) is 0 Å². The second-order valence-electron chi connectivity index (χ2n) is 7.31.